The van der Waals surface area contributed by atoms with E-state index in [1.165, 1.54) is 16.6 Å². The van der Waals surface area contributed by atoms with E-state index < -0.39 is 10.0 Å². The highest BCUT2D eigenvalue weighted by atomic mass is 32.2. The van der Waals surface area contributed by atoms with E-state index in [0.29, 0.717) is 6.54 Å². The summed E-state index contributed by atoms with van der Waals surface area (Å²) in [6, 6.07) is 1.41. The van der Waals surface area contributed by atoms with Crippen LogP contribution in [-0.4, -0.2) is 41.8 Å². The monoisotopic (exact) mass is 273 g/mol. The number of hydrogen-bond acceptors (Lipinski definition) is 4. The number of hydrogen-bond donors (Lipinski definition) is 3. The summed E-state index contributed by atoms with van der Waals surface area (Å²) < 4.78 is 25.9. The third-order valence-corrected chi connectivity index (χ3v) is 4.09. The van der Waals surface area contributed by atoms with Gasteiger partial charge >= 0.3 is 0 Å². The lowest BCUT2D eigenvalue weighted by molar-refractivity contribution is 0.372. The second-order valence-corrected chi connectivity index (χ2v) is 6.36. The minimum Gasteiger partial charge on any atom is -0.388 e. The molecule has 8 heteroatoms. The van der Waals surface area contributed by atoms with Gasteiger partial charge in [0.05, 0.1) is 12.0 Å². The maximum absolute atomic E-state index is 12.3. The third kappa shape index (κ3) is 3.81. The summed E-state index contributed by atoms with van der Waals surface area (Å²) in [5.74, 6) is 0.165. The molecule has 0 aromatic carbocycles. The van der Waals surface area contributed by atoms with Crippen molar-refractivity contribution in [2.75, 3.05) is 13.1 Å². The van der Waals surface area contributed by atoms with Gasteiger partial charge in [0.2, 0.25) is 0 Å². The molecule has 1 rings (SSSR count). The average Bonchev–Trinajstić information content (AvgIpc) is 2.76. The lowest BCUT2D eigenvalue weighted by Crippen LogP contribution is -2.36. The number of rotatable bonds is 7. The van der Waals surface area contributed by atoms with Crippen LogP contribution in [-0.2, 0) is 10.0 Å². The number of aromatic nitrogens is 2. The van der Waals surface area contributed by atoms with E-state index >= 15 is 0 Å². The Morgan fingerprint density at radius 3 is 2.72 bits per heavy atom. The lowest BCUT2D eigenvalue weighted by atomic mass is 10.2. The maximum atomic E-state index is 12.3. The summed E-state index contributed by atoms with van der Waals surface area (Å²) in [6.07, 6.45) is 1.62. The summed E-state index contributed by atoms with van der Waals surface area (Å²) >= 11 is 0. The van der Waals surface area contributed by atoms with Crippen molar-refractivity contribution >= 4 is 15.9 Å². The molecule has 1 aromatic heterocycles. The van der Waals surface area contributed by atoms with Gasteiger partial charge in [-0.05, 0) is 12.0 Å². The van der Waals surface area contributed by atoms with Crippen LogP contribution < -0.4 is 5.73 Å². The highest BCUT2D eigenvalue weighted by Gasteiger charge is 2.26. The normalized spacial score (nSPS) is 12.2. The van der Waals surface area contributed by atoms with Crippen LogP contribution in [0.2, 0.25) is 0 Å². The smallest absolute Gasteiger partial charge is 0.259 e. The van der Waals surface area contributed by atoms with Gasteiger partial charge in [-0.25, -0.2) is 8.42 Å². The van der Waals surface area contributed by atoms with Gasteiger partial charge in [-0.2, -0.15) is 9.40 Å². The van der Waals surface area contributed by atoms with Crippen molar-refractivity contribution in [1.29, 1.82) is 5.41 Å². The molecule has 0 aliphatic heterocycles. The first-order chi connectivity index (χ1) is 8.34. The molecular formula is C10H19N5O2S. The van der Waals surface area contributed by atoms with Gasteiger partial charge in [-0.3, -0.25) is 10.5 Å². The largest absolute Gasteiger partial charge is 0.388 e. The van der Waals surface area contributed by atoms with Crippen molar-refractivity contribution in [1.82, 2.24) is 14.5 Å². The Labute approximate surface area is 107 Å². The molecule has 0 unspecified atom stereocenters. The van der Waals surface area contributed by atoms with Gasteiger partial charge in [0, 0.05) is 19.5 Å². The van der Waals surface area contributed by atoms with Crippen molar-refractivity contribution in [3.05, 3.63) is 12.3 Å². The van der Waals surface area contributed by atoms with Gasteiger partial charge in [0.15, 0.2) is 5.03 Å². The minimum atomic E-state index is -3.59. The summed E-state index contributed by atoms with van der Waals surface area (Å²) in [6.45, 7) is 4.45. The van der Waals surface area contributed by atoms with Crippen molar-refractivity contribution < 1.29 is 8.42 Å². The van der Waals surface area contributed by atoms with Gasteiger partial charge in [0.25, 0.3) is 10.0 Å². The first kappa shape index (κ1) is 14.7. The van der Waals surface area contributed by atoms with Crippen LogP contribution in [0.15, 0.2) is 17.3 Å². The quantitative estimate of drug-likeness (QED) is 0.492. The van der Waals surface area contributed by atoms with Crippen molar-refractivity contribution in [2.45, 2.75) is 25.3 Å². The van der Waals surface area contributed by atoms with Gasteiger partial charge in [-0.15, -0.1) is 0 Å². The predicted octanol–water partition coefficient (Wildman–Crippen LogP) is 0.382. The molecule has 18 heavy (non-hydrogen) atoms. The van der Waals surface area contributed by atoms with E-state index in [1.807, 2.05) is 13.8 Å². The Hall–Kier alpha value is -1.41. The Kier molecular flexibility index (Phi) is 4.85. The molecule has 4 N–H and O–H groups in total. The van der Waals surface area contributed by atoms with E-state index in [9.17, 15) is 8.42 Å². The molecule has 0 spiro atoms. The zero-order valence-corrected chi connectivity index (χ0v) is 11.4. The number of aromatic amines is 1. The van der Waals surface area contributed by atoms with E-state index in [-0.39, 0.29) is 29.7 Å². The first-order valence-electron chi connectivity index (χ1n) is 5.66. The number of sulfonamides is 1. The van der Waals surface area contributed by atoms with Crippen molar-refractivity contribution in [3.63, 3.8) is 0 Å². The Morgan fingerprint density at radius 1 is 1.61 bits per heavy atom. The first-order valence-corrected chi connectivity index (χ1v) is 7.10. The van der Waals surface area contributed by atoms with E-state index in [1.54, 1.807) is 0 Å². The van der Waals surface area contributed by atoms with Crippen LogP contribution >= 0.6 is 0 Å². The van der Waals surface area contributed by atoms with E-state index in [0.717, 1.165) is 0 Å². The number of nitrogens with zero attached hydrogens (tertiary/aromatic N) is 2. The average molecular weight is 273 g/mol. The Morgan fingerprint density at radius 2 is 2.28 bits per heavy atom. The molecule has 0 aliphatic rings. The minimum absolute atomic E-state index is 0.0245. The molecule has 0 saturated carbocycles. The summed E-state index contributed by atoms with van der Waals surface area (Å²) in [4.78, 5) is 0. The second-order valence-electron chi connectivity index (χ2n) is 4.45. The number of amidine groups is 1. The molecule has 0 amide bonds. The molecule has 1 heterocycles. The summed E-state index contributed by atoms with van der Waals surface area (Å²) in [5.41, 5.74) is 5.28. The molecule has 7 nitrogen and oxygen atoms in total. The predicted molar refractivity (Wildman–Crippen MR) is 68.7 cm³/mol. The van der Waals surface area contributed by atoms with Crippen LogP contribution in [0.3, 0.4) is 0 Å². The van der Waals surface area contributed by atoms with Crippen molar-refractivity contribution in [3.8, 4) is 0 Å². The Bertz CT molecular complexity index is 480. The molecule has 102 valence electrons. The number of nitrogens with one attached hydrogen (secondary N) is 2. The van der Waals surface area contributed by atoms with Crippen LogP contribution in [0.25, 0.3) is 0 Å². The number of H-pyrrole nitrogens is 1. The Balaban J connectivity index is 2.91. The van der Waals surface area contributed by atoms with Gasteiger partial charge < -0.3 is 5.73 Å². The maximum Gasteiger partial charge on any atom is 0.259 e. The molecule has 0 aliphatic carbocycles. The molecular weight excluding hydrogens is 254 g/mol. The van der Waals surface area contributed by atoms with E-state index in [4.69, 9.17) is 11.1 Å². The molecule has 0 atom stereocenters. The molecule has 0 bridgehead atoms. The van der Waals surface area contributed by atoms with Crippen LogP contribution in [0, 0.1) is 11.3 Å². The SMILES string of the molecule is CC(C)CN(CCC(=N)N)S(=O)(=O)c1ccn[nH]1. The molecule has 0 radical (unpaired) electrons. The van der Waals surface area contributed by atoms with Crippen LogP contribution in [0.5, 0.6) is 0 Å². The summed E-state index contributed by atoms with van der Waals surface area (Å²) in [5, 5.41) is 13.3. The molecule has 0 fully saturated rings. The topological polar surface area (TPSA) is 116 Å². The van der Waals surface area contributed by atoms with E-state index in [2.05, 4.69) is 10.2 Å². The zero-order valence-electron chi connectivity index (χ0n) is 10.5. The highest BCUT2D eigenvalue weighted by Crippen LogP contribution is 2.14. The second kappa shape index (κ2) is 5.96. The fourth-order valence-corrected chi connectivity index (χ4v) is 2.99. The fourth-order valence-electron chi connectivity index (χ4n) is 1.49. The van der Waals surface area contributed by atoms with Gasteiger partial charge in [0.1, 0.15) is 0 Å². The summed E-state index contributed by atoms with van der Waals surface area (Å²) in [7, 11) is -3.59. The highest BCUT2D eigenvalue weighted by molar-refractivity contribution is 7.89. The number of nitrogens with two attached hydrogens (primary N) is 1. The third-order valence-electron chi connectivity index (χ3n) is 2.29. The zero-order chi connectivity index (χ0) is 13.8. The fraction of sp³-hybridized carbons (Fsp3) is 0.600. The lowest BCUT2D eigenvalue weighted by Gasteiger charge is -2.22. The van der Waals surface area contributed by atoms with Crippen LogP contribution in [0.4, 0.5) is 0 Å². The standard InChI is InChI=1S/C10H19N5O2S/c1-8(2)7-15(6-4-9(11)12)18(16,17)10-3-5-13-14-10/h3,5,8H,4,6-7H2,1-2H3,(H3,11,12)(H,13,14). The van der Waals surface area contributed by atoms with Crippen molar-refractivity contribution in [2.24, 2.45) is 11.7 Å². The van der Waals surface area contributed by atoms with Gasteiger partial charge in [-0.1, -0.05) is 13.8 Å². The molecule has 1 aromatic rings. The molecule has 0 saturated heterocycles. The van der Waals surface area contributed by atoms with Crippen LogP contribution in [0.1, 0.15) is 20.3 Å².